The van der Waals surface area contributed by atoms with Crippen LogP contribution in [0.5, 0.6) is 0 Å². The van der Waals surface area contributed by atoms with Gasteiger partial charge in [0.1, 0.15) is 0 Å². The Labute approximate surface area is 127 Å². The lowest BCUT2D eigenvalue weighted by Crippen LogP contribution is -2.31. The fourth-order valence-corrected chi connectivity index (χ4v) is 1.98. The highest BCUT2D eigenvalue weighted by atomic mass is 35.5. The van der Waals surface area contributed by atoms with Crippen LogP contribution >= 0.6 is 11.6 Å². The standard InChI is InChI=1S/C16H26ClNO2/c1-13(2)4-3-9-18-10-16(19)12-20-11-14-5-7-15(17)8-6-14/h5-8,13,16,18-19H,3-4,9-12H2,1-2H3. The summed E-state index contributed by atoms with van der Waals surface area (Å²) in [6, 6.07) is 7.54. The second-order valence-corrected chi connectivity index (χ2v) is 5.97. The maximum Gasteiger partial charge on any atom is 0.0897 e. The second-order valence-electron chi connectivity index (χ2n) is 5.54. The van der Waals surface area contributed by atoms with Crippen molar-refractivity contribution in [2.75, 3.05) is 19.7 Å². The minimum Gasteiger partial charge on any atom is -0.389 e. The van der Waals surface area contributed by atoms with Crippen LogP contribution in [0.3, 0.4) is 0 Å². The van der Waals surface area contributed by atoms with Crippen LogP contribution in [0, 0.1) is 5.92 Å². The summed E-state index contributed by atoms with van der Waals surface area (Å²) in [4.78, 5) is 0. The molecule has 3 nitrogen and oxygen atoms in total. The van der Waals surface area contributed by atoms with Gasteiger partial charge in [0.05, 0.1) is 19.3 Å². The first-order valence-electron chi connectivity index (χ1n) is 7.29. The molecule has 1 aromatic rings. The van der Waals surface area contributed by atoms with Crippen molar-refractivity contribution in [2.45, 2.75) is 39.4 Å². The Hall–Kier alpha value is -0.610. The molecular formula is C16H26ClNO2. The fourth-order valence-electron chi connectivity index (χ4n) is 1.86. The molecular weight excluding hydrogens is 274 g/mol. The molecule has 0 radical (unpaired) electrons. The van der Waals surface area contributed by atoms with Crippen LogP contribution in [-0.2, 0) is 11.3 Å². The average Bonchev–Trinajstić information content (AvgIpc) is 2.40. The van der Waals surface area contributed by atoms with E-state index in [1.54, 1.807) is 0 Å². The first-order chi connectivity index (χ1) is 9.58. The molecule has 0 aliphatic carbocycles. The molecule has 0 aliphatic rings. The normalized spacial score (nSPS) is 12.8. The van der Waals surface area contributed by atoms with E-state index in [9.17, 15) is 5.11 Å². The molecule has 1 unspecified atom stereocenters. The predicted octanol–water partition coefficient (Wildman–Crippen LogP) is 3.24. The number of hydrogen-bond donors (Lipinski definition) is 2. The van der Waals surface area contributed by atoms with Crippen molar-refractivity contribution >= 4 is 11.6 Å². The quantitative estimate of drug-likeness (QED) is 0.652. The van der Waals surface area contributed by atoms with Crippen LogP contribution in [0.1, 0.15) is 32.3 Å². The van der Waals surface area contributed by atoms with Crippen LogP contribution in [0.15, 0.2) is 24.3 Å². The van der Waals surface area contributed by atoms with Gasteiger partial charge in [-0.2, -0.15) is 0 Å². The number of hydrogen-bond acceptors (Lipinski definition) is 3. The smallest absolute Gasteiger partial charge is 0.0897 e. The van der Waals surface area contributed by atoms with E-state index in [0.717, 1.165) is 29.5 Å². The molecule has 4 heteroatoms. The zero-order valence-corrected chi connectivity index (χ0v) is 13.2. The number of benzene rings is 1. The molecule has 1 rings (SSSR count). The lowest BCUT2D eigenvalue weighted by Gasteiger charge is -2.13. The van der Waals surface area contributed by atoms with Crippen molar-refractivity contribution in [3.8, 4) is 0 Å². The van der Waals surface area contributed by atoms with Gasteiger partial charge in [-0.3, -0.25) is 0 Å². The van der Waals surface area contributed by atoms with Crippen molar-refractivity contribution in [1.29, 1.82) is 0 Å². The Morgan fingerprint density at radius 1 is 1.25 bits per heavy atom. The maximum absolute atomic E-state index is 9.77. The number of halogens is 1. The van der Waals surface area contributed by atoms with Crippen molar-refractivity contribution in [1.82, 2.24) is 5.32 Å². The molecule has 0 amide bonds. The lowest BCUT2D eigenvalue weighted by atomic mass is 10.1. The molecule has 1 atom stereocenters. The Morgan fingerprint density at radius 3 is 2.60 bits per heavy atom. The van der Waals surface area contributed by atoms with Crippen LogP contribution in [0.4, 0.5) is 0 Å². The van der Waals surface area contributed by atoms with Gasteiger partial charge >= 0.3 is 0 Å². The summed E-state index contributed by atoms with van der Waals surface area (Å²) in [6.45, 7) is 6.82. The van der Waals surface area contributed by atoms with Crippen LogP contribution in [0.2, 0.25) is 5.02 Å². The Kier molecular flexibility index (Phi) is 8.86. The topological polar surface area (TPSA) is 41.5 Å². The Morgan fingerprint density at radius 2 is 1.95 bits per heavy atom. The molecule has 0 saturated heterocycles. The SMILES string of the molecule is CC(C)CCCNCC(O)COCc1ccc(Cl)cc1. The van der Waals surface area contributed by atoms with Crippen LogP contribution in [-0.4, -0.2) is 30.9 Å². The van der Waals surface area contributed by atoms with Crippen LogP contribution in [0.25, 0.3) is 0 Å². The molecule has 20 heavy (non-hydrogen) atoms. The van der Waals surface area contributed by atoms with Crippen molar-refractivity contribution in [2.24, 2.45) is 5.92 Å². The minimum atomic E-state index is -0.457. The second kappa shape index (κ2) is 10.2. The summed E-state index contributed by atoms with van der Waals surface area (Å²) in [6.07, 6.45) is 1.91. The van der Waals surface area contributed by atoms with Crippen molar-refractivity contribution in [3.05, 3.63) is 34.9 Å². The summed E-state index contributed by atoms with van der Waals surface area (Å²) in [7, 11) is 0. The zero-order valence-electron chi connectivity index (χ0n) is 12.4. The van der Waals surface area contributed by atoms with E-state index in [0.29, 0.717) is 19.8 Å². The average molecular weight is 300 g/mol. The van der Waals surface area contributed by atoms with Gasteiger partial charge in [-0.1, -0.05) is 37.6 Å². The van der Waals surface area contributed by atoms with E-state index >= 15 is 0 Å². The summed E-state index contributed by atoms with van der Waals surface area (Å²) in [5.41, 5.74) is 1.06. The summed E-state index contributed by atoms with van der Waals surface area (Å²) >= 11 is 5.81. The van der Waals surface area contributed by atoms with Gasteiger partial charge in [-0.15, -0.1) is 0 Å². The Balaban J connectivity index is 2.02. The monoisotopic (exact) mass is 299 g/mol. The zero-order chi connectivity index (χ0) is 14.8. The molecule has 0 heterocycles. The molecule has 0 bridgehead atoms. The molecule has 114 valence electrons. The maximum atomic E-state index is 9.77. The van der Waals surface area contributed by atoms with Crippen LogP contribution < -0.4 is 5.32 Å². The van der Waals surface area contributed by atoms with Gasteiger partial charge in [0, 0.05) is 11.6 Å². The van der Waals surface area contributed by atoms with Crippen molar-refractivity contribution < 1.29 is 9.84 Å². The highest BCUT2D eigenvalue weighted by Crippen LogP contribution is 2.10. The minimum absolute atomic E-state index is 0.347. The van der Waals surface area contributed by atoms with Gasteiger partial charge in [-0.05, 0) is 43.0 Å². The van der Waals surface area contributed by atoms with E-state index in [1.165, 1.54) is 6.42 Å². The number of rotatable bonds is 10. The van der Waals surface area contributed by atoms with Gasteiger partial charge in [-0.25, -0.2) is 0 Å². The molecule has 0 aliphatic heterocycles. The molecule has 0 spiro atoms. The van der Waals surface area contributed by atoms with E-state index in [-0.39, 0.29) is 0 Å². The van der Waals surface area contributed by atoms with Crippen molar-refractivity contribution in [3.63, 3.8) is 0 Å². The highest BCUT2D eigenvalue weighted by molar-refractivity contribution is 6.30. The molecule has 1 aromatic carbocycles. The van der Waals surface area contributed by atoms with Gasteiger partial charge < -0.3 is 15.2 Å². The number of aliphatic hydroxyl groups is 1. The third-order valence-corrected chi connectivity index (χ3v) is 3.26. The molecule has 0 aromatic heterocycles. The number of aliphatic hydroxyl groups excluding tert-OH is 1. The van der Waals surface area contributed by atoms with Gasteiger partial charge in [0.2, 0.25) is 0 Å². The summed E-state index contributed by atoms with van der Waals surface area (Å²) in [5.74, 6) is 0.740. The number of ether oxygens (including phenoxy) is 1. The summed E-state index contributed by atoms with van der Waals surface area (Å²) in [5, 5.41) is 13.7. The molecule has 0 fully saturated rings. The third kappa shape index (κ3) is 8.54. The summed E-state index contributed by atoms with van der Waals surface area (Å²) < 4.78 is 5.48. The number of nitrogens with one attached hydrogen (secondary N) is 1. The fraction of sp³-hybridized carbons (Fsp3) is 0.625. The van der Waals surface area contributed by atoms with Gasteiger partial charge in [0.25, 0.3) is 0 Å². The highest BCUT2D eigenvalue weighted by Gasteiger charge is 2.04. The lowest BCUT2D eigenvalue weighted by molar-refractivity contribution is 0.0289. The first kappa shape index (κ1) is 17.4. The van der Waals surface area contributed by atoms with E-state index in [2.05, 4.69) is 19.2 Å². The predicted molar refractivity (Wildman–Crippen MR) is 84.1 cm³/mol. The molecule has 2 N–H and O–H groups in total. The largest absolute Gasteiger partial charge is 0.389 e. The third-order valence-electron chi connectivity index (χ3n) is 3.01. The molecule has 0 saturated carbocycles. The van der Waals surface area contributed by atoms with Gasteiger partial charge in [0.15, 0.2) is 0 Å². The Bertz CT molecular complexity index is 354. The van der Waals surface area contributed by atoms with E-state index in [4.69, 9.17) is 16.3 Å². The van der Waals surface area contributed by atoms with E-state index in [1.807, 2.05) is 24.3 Å². The van der Waals surface area contributed by atoms with E-state index < -0.39 is 6.10 Å². The first-order valence-corrected chi connectivity index (χ1v) is 7.66.